The molecule has 0 atom stereocenters. The minimum absolute atomic E-state index is 0.0508. The van der Waals surface area contributed by atoms with Crippen molar-refractivity contribution in [3.05, 3.63) is 78.2 Å². The molecule has 0 aliphatic carbocycles. The van der Waals surface area contributed by atoms with E-state index in [0.717, 1.165) is 22.0 Å². The van der Waals surface area contributed by atoms with Crippen molar-refractivity contribution in [2.45, 2.75) is 6.61 Å². The lowest BCUT2D eigenvalue weighted by molar-refractivity contribution is 0.250. The molecule has 0 saturated carbocycles. The molecule has 3 aromatic carbocycles. The summed E-state index contributed by atoms with van der Waals surface area (Å²) in [6, 6.07) is 20.9. The Labute approximate surface area is 184 Å². The van der Waals surface area contributed by atoms with Gasteiger partial charge in [-0.1, -0.05) is 47.6 Å². The normalized spacial score (nSPS) is 10.9. The number of hydrogen-bond acceptors (Lipinski definition) is 7. The summed E-state index contributed by atoms with van der Waals surface area (Å²) in [5.74, 6) is 0.917. The summed E-state index contributed by atoms with van der Waals surface area (Å²) in [4.78, 5) is 14.0. The van der Waals surface area contributed by atoms with Gasteiger partial charge >= 0.3 is 12.0 Å². The Kier molecular flexibility index (Phi) is 6.26. The van der Waals surface area contributed by atoms with Crippen LogP contribution in [0.15, 0.2) is 76.2 Å². The van der Waals surface area contributed by atoms with Crippen molar-refractivity contribution in [1.82, 2.24) is 15.6 Å². The predicted octanol–water partition coefficient (Wildman–Crippen LogP) is 4.02. The van der Waals surface area contributed by atoms with Crippen LogP contribution in [0, 0.1) is 0 Å². The zero-order valence-electron chi connectivity index (χ0n) is 17.6. The number of rotatable bonds is 7. The number of anilines is 2. The number of fused-ring (bicyclic) bond motifs is 1. The summed E-state index contributed by atoms with van der Waals surface area (Å²) >= 11 is 0. The second-order valence-electron chi connectivity index (χ2n) is 7.11. The van der Waals surface area contributed by atoms with E-state index in [1.807, 2.05) is 85.7 Å². The van der Waals surface area contributed by atoms with Gasteiger partial charge in [0.25, 0.3) is 5.89 Å². The molecular formula is C23H22N6O3. The number of carbonyl (C=O) groups excluding carboxylic acids is 1. The van der Waals surface area contributed by atoms with E-state index in [0.29, 0.717) is 5.75 Å². The van der Waals surface area contributed by atoms with Crippen LogP contribution in [-0.2, 0) is 6.61 Å². The second kappa shape index (κ2) is 9.61. The van der Waals surface area contributed by atoms with Crippen LogP contribution in [0.25, 0.3) is 10.8 Å². The molecule has 0 aliphatic heterocycles. The van der Waals surface area contributed by atoms with E-state index in [9.17, 15) is 4.79 Å². The number of nitrogens with zero attached hydrogens (tertiary/aromatic N) is 4. The van der Waals surface area contributed by atoms with E-state index in [-0.39, 0.29) is 18.5 Å². The number of carbonyl (C=O) groups is 1. The Morgan fingerprint density at radius 2 is 1.84 bits per heavy atom. The number of amides is 2. The van der Waals surface area contributed by atoms with Gasteiger partial charge in [0.1, 0.15) is 5.75 Å². The van der Waals surface area contributed by atoms with Crippen LogP contribution in [-0.4, -0.2) is 36.5 Å². The van der Waals surface area contributed by atoms with Gasteiger partial charge in [0, 0.05) is 19.8 Å². The number of hydrogen-bond donors (Lipinski definition) is 2. The molecule has 2 N–H and O–H groups in total. The van der Waals surface area contributed by atoms with Crippen molar-refractivity contribution in [3.63, 3.8) is 0 Å². The van der Waals surface area contributed by atoms with Gasteiger partial charge in [-0.2, -0.15) is 5.10 Å². The molecule has 0 spiro atoms. The Hall–Kier alpha value is -4.40. The lowest BCUT2D eigenvalue weighted by Crippen LogP contribution is -2.24. The molecule has 4 rings (SSSR count). The quantitative estimate of drug-likeness (QED) is 0.339. The Bertz CT molecular complexity index is 1230. The smallest absolute Gasteiger partial charge is 0.343 e. The molecule has 0 fully saturated rings. The van der Waals surface area contributed by atoms with Crippen molar-refractivity contribution < 1.29 is 13.9 Å². The molecule has 0 radical (unpaired) electrons. The van der Waals surface area contributed by atoms with Crippen LogP contribution in [0.4, 0.5) is 16.5 Å². The van der Waals surface area contributed by atoms with Crippen LogP contribution in [0.5, 0.6) is 5.75 Å². The highest BCUT2D eigenvalue weighted by molar-refractivity contribution is 5.88. The monoisotopic (exact) mass is 430 g/mol. The summed E-state index contributed by atoms with van der Waals surface area (Å²) in [5, 5.41) is 16.2. The molecule has 1 heterocycles. The number of nitrogens with one attached hydrogen (secondary N) is 2. The lowest BCUT2D eigenvalue weighted by Gasteiger charge is -2.11. The van der Waals surface area contributed by atoms with Gasteiger partial charge in [-0.15, -0.1) is 5.10 Å². The number of hydrazone groups is 1. The predicted molar refractivity (Wildman–Crippen MR) is 123 cm³/mol. The first-order valence-corrected chi connectivity index (χ1v) is 9.88. The third-order valence-corrected chi connectivity index (χ3v) is 4.56. The molecule has 0 unspecified atom stereocenters. The molecule has 1 aromatic heterocycles. The Balaban J connectivity index is 1.26. The van der Waals surface area contributed by atoms with Crippen molar-refractivity contribution in [1.29, 1.82) is 0 Å². The van der Waals surface area contributed by atoms with Gasteiger partial charge in [0.2, 0.25) is 0 Å². The van der Waals surface area contributed by atoms with Crippen molar-refractivity contribution in [3.8, 4) is 5.75 Å². The summed E-state index contributed by atoms with van der Waals surface area (Å²) in [6.45, 7) is 0.0791. The van der Waals surface area contributed by atoms with E-state index in [1.165, 1.54) is 6.21 Å². The third kappa shape index (κ3) is 5.39. The molecule has 0 aliphatic rings. The van der Waals surface area contributed by atoms with E-state index in [2.05, 4.69) is 26.0 Å². The maximum absolute atomic E-state index is 12.0. The van der Waals surface area contributed by atoms with Gasteiger partial charge in [0.15, 0.2) is 6.61 Å². The highest BCUT2D eigenvalue weighted by Gasteiger charge is 2.10. The lowest BCUT2D eigenvalue weighted by atomic mass is 10.1. The standard InChI is InChI=1S/C23H22N6O3/c1-29(2)19-10-7-16(8-11-19)14-24-27-22(30)25-23-28-26-21(32-23)15-31-20-12-9-17-5-3-4-6-18(17)13-20/h3-14H,15H2,1-2H3,(H2,25,27,28,30)/b24-14-. The van der Waals surface area contributed by atoms with Crippen molar-refractivity contribution >= 4 is 34.7 Å². The molecule has 9 heteroatoms. The highest BCUT2D eigenvalue weighted by atomic mass is 16.5. The fraction of sp³-hybridized carbons (Fsp3) is 0.130. The van der Waals surface area contributed by atoms with Crippen LogP contribution < -0.4 is 20.4 Å². The average Bonchev–Trinajstić information content (AvgIpc) is 3.25. The zero-order valence-corrected chi connectivity index (χ0v) is 17.6. The van der Waals surface area contributed by atoms with Gasteiger partial charge in [-0.05, 0) is 40.6 Å². The molecule has 9 nitrogen and oxygen atoms in total. The first-order valence-electron chi connectivity index (χ1n) is 9.88. The SMILES string of the molecule is CN(C)c1ccc(/C=N\NC(=O)Nc2nnc(COc3ccc4ccccc4c3)o2)cc1. The molecule has 0 bridgehead atoms. The topological polar surface area (TPSA) is 105 Å². The van der Waals surface area contributed by atoms with E-state index in [4.69, 9.17) is 9.15 Å². The van der Waals surface area contributed by atoms with Gasteiger partial charge in [0.05, 0.1) is 6.21 Å². The van der Waals surface area contributed by atoms with E-state index in [1.54, 1.807) is 0 Å². The third-order valence-electron chi connectivity index (χ3n) is 4.56. The fourth-order valence-electron chi connectivity index (χ4n) is 2.91. The van der Waals surface area contributed by atoms with Crippen molar-refractivity contribution in [2.75, 3.05) is 24.3 Å². The minimum atomic E-state index is -0.600. The Morgan fingerprint density at radius 3 is 2.62 bits per heavy atom. The van der Waals surface area contributed by atoms with Crippen LogP contribution in [0.3, 0.4) is 0 Å². The first-order chi connectivity index (χ1) is 15.6. The molecule has 4 aromatic rings. The summed E-state index contributed by atoms with van der Waals surface area (Å²) in [7, 11) is 3.93. The summed E-state index contributed by atoms with van der Waals surface area (Å²) < 4.78 is 11.1. The molecule has 0 saturated heterocycles. The van der Waals surface area contributed by atoms with Crippen molar-refractivity contribution in [2.24, 2.45) is 5.10 Å². The Morgan fingerprint density at radius 1 is 1.06 bits per heavy atom. The number of ether oxygens (including phenoxy) is 1. The largest absolute Gasteiger partial charge is 0.484 e. The van der Waals surface area contributed by atoms with Crippen LogP contribution >= 0.6 is 0 Å². The van der Waals surface area contributed by atoms with Gasteiger partial charge < -0.3 is 14.1 Å². The maximum Gasteiger partial charge on any atom is 0.343 e. The summed E-state index contributed by atoms with van der Waals surface area (Å²) in [5.41, 5.74) is 4.27. The second-order valence-corrected chi connectivity index (χ2v) is 7.11. The summed E-state index contributed by atoms with van der Waals surface area (Å²) in [6.07, 6.45) is 1.54. The molecule has 162 valence electrons. The fourth-order valence-corrected chi connectivity index (χ4v) is 2.91. The van der Waals surface area contributed by atoms with Gasteiger partial charge in [-0.25, -0.2) is 10.2 Å². The number of aromatic nitrogens is 2. The van der Waals surface area contributed by atoms with E-state index < -0.39 is 6.03 Å². The number of urea groups is 1. The van der Waals surface area contributed by atoms with Crippen LogP contribution in [0.1, 0.15) is 11.5 Å². The average molecular weight is 430 g/mol. The van der Waals surface area contributed by atoms with Crippen LogP contribution in [0.2, 0.25) is 0 Å². The molecule has 2 amide bonds. The molecule has 32 heavy (non-hydrogen) atoms. The molecular weight excluding hydrogens is 408 g/mol. The first kappa shape index (κ1) is 20.9. The minimum Gasteiger partial charge on any atom is -0.484 e. The van der Waals surface area contributed by atoms with E-state index >= 15 is 0 Å². The highest BCUT2D eigenvalue weighted by Crippen LogP contribution is 2.21. The van der Waals surface area contributed by atoms with Gasteiger partial charge in [-0.3, -0.25) is 5.32 Å². The number of benzene rings is 3. The maximum atomic E-state index is 12.0. The zero-order chi connectivity index (χ0) is 22.3.